The minimum Gasteiger partial charge on any atom is -0.334 e. The van der Waals surface area contributed by atoms with E-state index in [0.29, 0.717) is 6.04 Å². The van der Waals surface area contributed by atoms with E-state index in [2.05, 4.69) is 21.4 Å². The van der Waals surface area contributed by atoms with Crippen LogP contribution in [0, 0.1) is 0 Å². The monoisotopic (exact) mass is 208 g/mol. The average Bonchev–Trinajstić information content (AvgIpc) is 2.87. The van der Waals surface area contributed by atoms with E-state index in [1.54, 1.807) is 0 Å². The molecule has 2 rings (SSSR count). The number of rotatable bonds is 4. The minimum atomic E-state index is 0.562. The van der Waals surface area contributed by atoms with Crippen molar-refractivity contribution in [2.24, 2.45) is 5.73 Å². The molecule has 0 spiro atoms. The lowest BCUT2D eigenvalue weighted by atomic mass is 10.2. The van der Waals surface area contributed by atoms with Crippen LogP contribution in [0.5, 0.6) is 0 Å². The second kappa shape index (κ2) is 4.77. The molecule has 0 saturated carbocycles. The second-order valence-electron chi connectivity index (χ2n) is 4.13. The van der Waals surface area contributed by atoms with Crippen molar-refractivity contribution in [1.29, 1.82) is 0 Å². The molecule has 4 nitrogen and oxygen atoms in total. The van der Waals surface area contributed by atoms with Crippen molar-refractivity contribution >= 4 is 0 Å². The van der Waals surface area contributed by atoms with Crippen molar-refractivity contribution in [2.45, 2.75) is 38.9 Å². The summed E-state index contributed by atoms with van der Waals surface area (Å²) in [5.41, 5.74) is 5.75. The van der Waals surface area contributed by atoms with Gasteiger partial charge in [-0.15, -0.1) is 0 Å². The third-order valence-electron chi connectivity index (χ3n) is 3.26. The largest absolute Gasteiger partial charge is 0.334 e. The average molecular weight is 208 g/mol. The van der Waals surface area contributed by atoms with Crippen molar-refractivity contribution < 1.29 is 0 Å². The van der Waals surface area contributed by atoms with E-state index in [-0.39, 0.29) is 0 Å². The Morgan fingerprint density at radius 2 is 2.47 bits per heavy atom. The van der Waals surface area contributed by atoms with Crippen LogP contribution in [0.25, 0.3) is 0 Å². The van der Waals surface area contributed by atoms with E-state index < -0.39 is 0 Å². The van der Waals surface area contributed by atoms with Gasteiger partial charge in [-0.1, -0.05) is 0 Å². The van der Waals surface area contributed by atoms with Crippen LogP contribution in [0.1, 0.15) is 25.6 Å². The molecule has 1 fully saturated rings. The van der Waals surface area contributed by atoms with E-state index in [1.165, 1.54) is 19.4 Å². The summed E-state index contributed by atoms with van der Waals surface area (Å²) in [5.74, 6) is 1.16. The van der Waals surface area contributed by atoms with Gasteiger partial charge in [-0.25, -0.2) is 4.98 Å². The van der Waals surface area contributed by atoms with Crippen LogP contribution in [0.3, 0.4) is 0 Å². The van der Waals surface area contributed by atoms with E-state index in [1.807, 2.05) is 12.4 Å². The molecule has 1 aliphatic rings. The molecule has 0 aromatic carbocycles. The first-order valence-corrected chi connectivity index (χ1v) is 5.79. The predicted octanol–water partition coefficient (Wildman–Crippen LogP) is 0.826. The molecule has 1 saturated heterocycles. The molecular weight excluding hydrogens is 188 g/mol. The molecule has 1 aromatic heterocycles. The zero-order valence-electron chi connectivity index (χ0n) is 9.39. The van der Waals surface area contributed by atoms with Crippen LogP contribution in [0.4, 0.5) is 0 Å². The number of aryl methyl sites for hydroxylation is 1. The molecule has 4 heteroatoms. The van der Waals surface area contributed by atoms with Crippen LogP contribution >= 0.6 is 0 Å². The lowest BCUT2D eigenvalue weighted by molar-refractivity contribution is 0.241. The first kappa shape index (κ1) is 10.6. The Labute approximate surface area is 91.1 Å². The van der Waals surface area contributed by atoms with Crippen LogP contribution in [0.2, 0.25) is 0 Å². The van der Waals surface area contributed by atoms with E-state index >= 15 is 0 Å². The second-order valence-corrected chi connectivity index (χ2v) is 4.13. The molecule has 0 amide bonds. The van der Waals surface area contributed by atoms with Gasteiger partial charge in [0.05, 0.1) is 6.54 Å². The molecule has 0 aliphatic carbocycles. The normalized spacial score (nSPS) is 22.4. The highest BCUT2D eigenvalue weighted by Crippen LogP contribution is 2.18. The lowest BCUT2D eigenvalue weighted by Crippen LogP contribution is -2.35. The lowest BCUT2D eigenvalue weighted by Gasteiger charge is -2.22. The molecule has 1 aliphatic heterocycles. The smallest absolute Gasteiger partial charge is 0.122 e. The highest BCUT2D eigenvalue weighted by molar-refractivity contribution is 4.94. The Morgan fingerprint density at radius 3 is 3.20 bits per heavy atom. The van der Waals surface area contributed by atoms with Gasteiger partial charge >= 0.3 is 0 Å². The number of hydrogen-bond acceptors (Lipinski definition) is 3. The summed E-state index contributed by atoms with van der Waals surface area (Å²) >= 11 is 0. The maximum Gasteiger partial charge on any atom is 0.122 e. The molecule has 1 atom stereocenters. The van der Waals surface area contributed by atoms with Gasteiger partial charge in [0.2, 0.25) is 0 Å². The fraction of sp³-hybridized carbons (Fsp3) is 0.727. The van der Waals surface area contributed by atoms with Crippen LogP contribution in [0.15, 0.2) is 12.4 Å². The Hall–Kier alpha value is -0.870. The SMILES string of the molecule is CCn1ccnc1CN1CCCC1CN. The Morgan fingerprint density at radius 1 is 1.60 bits per heavy atom. The molecule has 0 bridgehead atoms. The zero-order valence-corrected chi connectivity index (χ0v) is 9.39. The van der Waals surface area contributed by atoms with E-state index in [9.17, 15) is 0 Å². The fourth-order valence-corrected chi connectivity index (χ4v) is 2.33. The van der Waals surface area contributed by atoms with Gasteiger partial charge in [0.25, 0.3) is 0 Å². The molecule has 15 heavy (non-hydrogen) atoms. The van der Waals surface area contributed by atoms with Crippen LogP contribution in [-0.2, 0) is 13.1 Å². The summed E-state index contributed by atoms with van der Waals surface area (Å²) in [6.07, 6.45) is 6.44. The summed E-state index contributed by atoms with van der Waals surface area (Å²) in [5, 5.41) is 0. The van der Waals surface area contributed by atoms with E-state index in [0.717, 1.165) is 25.5 Å². The van der Waals surface area contributed by atoms with E-state index in [4.69, 9.17) is 5.73 Å². The van der Waals surface area contributed by atoms with Gasteiger partial charge in [0.1, 0.15) is 5.82 Å². The molecule has 2 N–H and O–H groups in total. The zero-order chi connectivity index (χ0) is 10.7. The summed E-state index contributed by atoms with van der Waals surface area (Å²) in [6, 6.07) is 0.562. The van der Waals surface area contributed by atoms with Crippen LogP contribution in [-0.4, -0.2) is 33.6 Å². The maximum atomic E-state index is 5.75. The fourth-order valence-electron chi connectivity index (χ4n) is 2.33. The Bertz CT molecular complexity index is 307. The van der Waals surface area contributed by atoms with Crippen molar-refractivity contribution in [3.8, 4) is 0 Å². The highest BCUT2D eigenvalue weighted by atomic mass is 15.2. The third kappa shape index (κ3) is 2.21. The number of hydrogen-bond donors (Lipinski definition) is 1. The summed E-state index contributed by atoms with van der Waals surface area (Å²) < 4.78 is 2.20. The van der Waals surface area contributed by atoms with Gasteiger partial charge in [-0.3, -0.25) is 4.90 Å². The molecule has 2 heterocycles. The summed E-state index contributed by atoms with van der Waals surface area (Å²) in [7, 11) is 0. The molecular formula is C11H20N4. The van der Waals surface area contributed by atoms with Crippen molar-refractivity contribution in [3.63, 3.8) is 0 Å². The molecule has 84 valence electrons. The standard InChI is InChI=1S/C11H20N4/c1-2-14-7-5-13-11(14)9-15-6-3-4-10(15)8-12/h5,7,10H,2-4,6,8-9,12H2,1H3. The van der Waals surface area contributed by atoms with Gasteiger partial charge in [-0.2, -0.15) is 0 Å². The van der Waals surface area contributed by atoms with Crippen molar-refractivity contribution in [1.82, 2.24) is 14.5 Å². The Kier molecular flexibility index (Phi) is 3.38. The number of nitrogens with zero attached hydrogens (tertiary/aromatic N) is 3. The first-order chi connectivity index (χ1) is 7.35. The maximum absolute atomic E-state index is 5.75. The summed E-state index contributed by atoms with van der Waals surface area (Å²) in [4.78, 5) is 6.85. The highest BCUT2D eigenvalue weighted by Gasteiger charge is 2.23. The predicted molar refractivity (Wildman–Crippen MR) is 60.4 cm³/mol. The number of aromatic nitrogens is 2. The molecule has 1 unspecified atom stereocenters. The minimum absolute atomic E-state index is 0.562. The topological polar surface area (TPSA) is 47.1 Å². The molecule has 1 aromatic rings. The number of imidazole rings is 1. The number of likely N-dealkylation sites (tertiary alicyclic amines) is 1. The van der Waals surface area contributed by atoms with Gasteiger partial charge in [-0.05, 0) is 26.3 Å². The van der Waals surface area contributed by atoms with Gasteiger partial charge < -0.3 is 10.3 Å². The summed E-state index contributed by atoms with van der Waals surface area (Å²) in [6.45, 7) is 6.03. The quantitative estimate of drug-likeness (QED) is 0.797. The van der Waals surface area contributed by atoms with Crippen molar-refractivity contribution in [2.75, 3.05) is 13.1 Å². The van der Waals surface area contributed by atoms with Gasteiger partial charge in [0, 0.05) is 31.5 Å². The molecule has 0 radical (unpaired) electrons. The van der Waals surface area contributed by atoms with Crippen molar-refractivity contribution in [3.05, 3.63) is 18.2 Å². The number of nitrogens with two attached hydrogens (primary N) is 1. The van der Waals surface area contributed by atoms with Gasteiger partial charge in [0.15, 0.2) is 0 Å². The third-order valence-corrected chi connectivity index (χ3v) is 3.26. The first-order valence-electron chi connectivity index (χ1n) is 5.79. The van der Waals surface area contributed by atoms with Crippen LogP contribution < -0.4 is 5.73 Å². The Balaban J connectivity index is 2.01.